The quantitative estimate of drug-likeness (QED) is 0.927. The number of benzene rings is 1. The fourth-order valence-corrected chi connectivity index (χ4v) is 2.99. The number of carbonyl (C=O) groups is 1. The number of carbonyl (C=O) groups excluding carboxylic acids is 1. The van der Waals surface area contributed by atoms with Crippen molar-refractivity contribution in [3.05, 3.63) is 29.8 Å². The zero-order chi connectivity index (χ0) is 16.2. The van der Waals surface area contributed by atoms with E-state index in [-0.39, 0.29) is 11.7 Å². The van der Waals surface area contributed by atoms with Crippen LogP contribution in [0.5, 0.6) is 0 Å². The van der Waals surface area contributed by atoms with Gasteiger partial charge in [-0.1, -0.05) is 0 Å². The van der Waals surface area contributed by atoms with Gasteiger partial charge in [0.1, 0.15) is 11.6 Å². The number of urea groups is 1. The van der Waals surface area contributed by atoms with Crippen molar-refractivity contribution in [3.63, 3.8) is 0 Å². The Labute approximate surface area is 134 Å². The lowest BCUT2D eigenvalue weighted by Gasteiger charge is -2.35. The lowest BCUT2D eigenvalue weighted by Crippen LogP contribution is -2.51. The third kappa shape index (κ3) is 4.17. The fraction of sp³-hybridized carbons (Fsp3) is 0.562. The number of nitrogens with zero attached hydrogens (tertiary/aromatic N) is 2. The standard InChI is InChI=1S/C16H21F2N3O2/c17-12-3-4-15(14(18)10-12)19-16(22)21-7-5-20(6-8-21)11-13-2-1-9-23-13/h3-4,10,13H,1-2,5-9,11H2,(H,19,22). The largest absolute Gasteiger partial charge is 0.377 e. The summed E-state index contributed by atoms with van der Waals surface area (Å²) in [7, 11) is 0. The van der Waals surface area contributed by atoms with Crippen LogP contribution in [0.1, 0.15) is 12.8 Å². The minimum Gasteiger partial charge on any atom is -0.377 e. The molecule has 1 atom stereocenters. The van der Waals surface area contributed by atoms with E-state index in [2.05, 4.69) is 10.2 Å². The van der Waals surface area contributed by atoms with Gasteiger partial charge >= 0.3 is 6.03 Å². The van der Waals surface area contributed by atoms with E-state index in [1.54, 1.807) is 4.90 Å². The molecule has 0 bridgehead atoms. The summed E-state index contributed by atoms with van der Waals surface area (Å²) in [5.74, 6) is -1.43. The van der Waals surface area contributed by atoms with Crippen molar-refractivity contribution >= 4 is 11.7 Å². The molecule has 2 fully saturated rings. The normalized spacial score (nSPS) is 22.3. The van der Waals surface area contributed by atoms with Crippen LogP contribution in [0.15, 0.2) is 18.2 Å². The Balaban J connectivity index is 1.47. The van der Waals surface area contributed by atoms with Crippen LogP contribution in [0.3, 0.4) is 0 Å². The molecule has 0 spiro atoms. The first-order valence-corrected chi connectivity index (χ1v) is 7.97. The van der Waals surface area contributed by atoms with Crippen LogP contribution >= 0.6 is 0 Å². The van der Waals surface area contributed by atoms with Crippen molar-refractivity contribution in [2.24, 2.45) is 0 Å². The van der Waals surface area contributed by atoms with Gasteiger partial charge in [0, 0.05) is 45.4 Å². The van der Waals surface area contributed by atoms with Gasteiger partial charge in [-0.2, -0.15) is 0 Å². The van der Waals surface area contributed by atoms with Gasteiger partial charge < -0.3 is 15.0 Å². The summed E-state index contributed by atoms with van der Waals surface area (Å²) in [6.45, 7) is 4.47. The second-order valence-electron chi connectivity index (χ2n) is 5.98. The number of anilines is 1. The highest BCUT2D eigenvalue weighted by molar-refractivity contribution is 5.89. The second kappa shape index (κ2) is 7.23. The van der Waals surface area contributed by atoms with Gasteiger partial charge in [-0.15, -0.1) is 0 Å². The molecule has 7 heteroatoms. The maximum atomic E-state index is 13.6. The van der Waals surface area contributed by atoms with Crippen LogP contribution in [0, 0.1) is 11.6 Å². The number of rotatable bonds is 3. The van der Waals surface area contributed by atoms with Crippen LogP contribution in [0.2, 0.25) is 0 Å². The van der Waals surface area contributed by atoms with E-state index in [1.807, 2.05) is 0 Å². The smallest absolute Gasteiger partial charge is 0.322 e. The molecule has 0 radical (unpaired) electrons. The van der Waals surface area contributed by atoms with Gasteiger partial charge in [-0.05, 0) is 25.0 Å². The summed E-state index contributed by atoms with van der Waals surface area (Å²) in [6, 6.07) is 2.76. The molecule has 1 N–H and O–H groups in total. The van der Waals surface area contributed by atoms with Gasteiger partial charge in [0.05, 0.1) is 11.8 Å². The van der Waals surface area contributed by atoms with Gasteiger partial charge in [0.2, 0.25) is 0 Å². The van der Waals surface area contributed by atoms with Crippen LogP contribution in [-0.4, -0.2) is 61.3 Å². The minimum absolute atomic E-state index is 0.00168. The highest BCUT2D eigenvalue weighted by Gasteiger charge is 2.25. The van der Waals surface area contributed by atoms with Crippen molar-refractivity contribution in [3.8, 4) is 0 Å². The summed E-state index contributed by atoms with van der Waals surface area (Å²) in [4.78, 5) is 16.1. The number of nitrogens with one attached hydrogen (secondary N) is 1. The van der Waals surface area contributed by atoms with E-state index < -0.39 is 11.6 Å². The SMILES string of the molecule is O=C(Nc1ccc(F)cc1F)N1CCN(CC2CCCO2)CC1. The fourth-order valence-electron chi connectivity index (χ4n) is 2.99. The van der Waals surface area contributed by atoms with Gasteiger partial charge in [-0.25, -0.2) is 13.6 Å². The molecule has 3 rings (SSSR count). The van der Waals surface area contributed by atoms with Crippen LogP contribution in [0.4, 0.5) is 19.3 Å². The van der Waals surface area contributed by atoms with E-state index in [0.717, 1.165) is 51.2 Å². The molecule has 1 aromatic carbocycles. The van der Waals surface area contributed by atoms with Crippen LogP contribution in [0.25, 0.3) is 0 Å². The van der Waals surface area contributed by atoms with Gasteiger partial charge in [0.15, 0.2) is 0 Å². The molecule has 2 saturated heterocycles. The molecule has 2 aliphatic rings. The van der Waals surface area contributed by atoms with Gasteiger partial charge in [-0.3, -0.25) is 4.90 Å². The Morgan fingerprint density at radius 1 is 1.26 bits per heavy atom. The number of ether oxygens (including phenoxy) is 1. The molecule has 2 amide bonds. The summed E-state index contributed by atoms with van der Waals surface area (Å²) in [5, 5.41) is 2.50. The Morgan fingerprint density at radius 2 is 2.04 bits per heavy atom. The molecular formula is C16H21F2N3O2. The summed E-state index contributed by atoms with van der Waals surface area (Å²) in [5.41, 5.74) is -0.00168. The number of amides is 2. The van der Waals surface area contributed by atoms with E-state index in [4.69, 9.17) is 4.74 Å². The van der Waals surface area contributed by atoms with Crippen LogP contribution in [-0.2, 0) is 4.74 Å². The van der Waals surface area contributed by atoms with Crippen molar-refractivity contribution in [1.82, 2.24) is 9.80 Å². The van der Waals surface area contributed by atoms with E-state index in [9.17, 15) is 13.6 Å². The first-order valence-electron chi connectivity index (χ1n) is 7.97. The maximum Gasteiger partial charge on any atom is 0.322 e. The lowest BCUT2D eigenvalue weighted by atomic mass is 10.2. The summed E-state index contributed by atoms with van der Waals surface area (Å²) in [6.07, 6.45) is 2.53. The molecule has 23 heavy (non-hydrogen) atoms. The molecule has 1 aromatic rings. The Hall–Kier alpha value is -1.73. The molecule has 5 nitrogen and oxygen atoms in total. The molecule has 0 saturated carbocycles. The van der Waals surface area contributed by atoms with Crippen molar-refractivity contribution in [1.29, 1.82) is 0 Å². The van der Waals surface area contributed by atoms with Crippen molar-refractivity contribution in [2.75, 3.05) is 44.6 Å². The third-order valence-corrected chi connectivity index (χ3v) is 4.32. The summed E-state index contributed by atoms with van der Waals surface area (Å²) >= 11 is 0. The average Bonchev–Trinajstić information content (AvgIpc) is 3.04. The molecular weight excluding hydrogens is 304 g/mol. The van der Waals surface area contributed by atoms with E-state index in [0.29, 0.717) is 19.2 Å². The first-order chi connectivity index (χ1) is 11.1. The summed E-state index contributed by atoms with van der Waals surface area (Å²) < 4.78 is 32.1. The Bertz CT molecular complexity index is 556. The zero-order valence-corrected chi connectivity index (χ0v) is 12.9. The molecule has 0 aliphatic carbocycles. The monoisotopic (exact) mass is 325 g/mol. The highest BCUT2D eigenvalue weighted by atomic mass is 19.1. The first kappa shape index (κ1) is 16.1. The predicted octanol–water partition coefficient (Wildman–Crippen LogP) is 2.29. The van der Waals surface area contributed by atoms with Crippen LogP contribution < -0.4 is 5.32 Å². The third-order valence-electron chi connectivity index (χ3n) is 4.32. The Kier molecular flexibility index (Phi) is 5.07. The van der Waals surface area contributed by atoms with E-state index in [1.165, 1.54) is 6.07 Å². The topological polar surface area (TPSA) is 44.8 Å². The van der Waals surface area contributed by atoms with E-state index >= 15 is 0 Å². The maximum absolute atomic E-state index is 13.6. The molecule has 1 unspecified atom stereocenters. The lowest BCUT2D eigenvalue weighted by molar-refractivity contribution is 0.0571. The molecule has 126 valence electrons. The van der Waals surface area contributed by atoms with Gasteiger partial charge in [0.25, 0.3) is 0 Å². The number of halogens is 2. The highest BCUT2D eigenvalue weighted by Crippen LogP contribution is 2.17. The zero-order valence-electron chi connectivity index (χ0n) is 12.9. The molecule has 0 aromatic heterocycles. The van der Waals surface area contributed by atoms with Crippen molar-refractivity contribution in [2.45, 2.75) is 18.9 Å². The molecule has 2 aliphatic heterocycles. The number of piperazine rings is 1. The second-order valence-corrected chi connectivity index (χ2v) is 5.98. The van der Waals surface area contributed by atoms with Crippen molar-refractivity contribution < 1.29 is 18.3 Å². The minimum atomic E-state index is -0.768. The average molecular weight is 325 g/mol. The Morgan fingerprint density at radius 3 is 2.70 bits per heavy atom. The molecule has 2 heterocycles. The predicted molar refractivity (Wildman–Crippen MR) is 82.4 cm³/mol. The number of hydrogen-bond donors (Lipinski definition) is 1. The number of hydrogen-bond acceptors (Lipinski definition) is 3.